The topological polar surface area (TPSA) is 68.5 Å². The van der Waals surface area contributed by atoms with Gasteiger partial charge in [-0.1, -0.05) is 41.0 Å². The second-order valence-corrected chi connectivity index (χ2v) is 8.01. The third-order valence-electron chi connectivity index (χ3n) is 4.45. The van der Waals surface area contributed by atoms with Crippen LogP contribution in [0.5, 0.6) is 5.75 Å². The molecule has 29 heavy (non-hydrogen) atoms. The Bertz CT molecular complexity index is 995. The maximum absolute atomic E-state index is 12.6. The molecule has 3 rings (SSSR count). The van der Waals surface area contributed by atoms with Gasteiger partial charge in [-0.25, -0.2) is 0 Å². The van der Waals surface area contributed by atoms with E-state index in [4.69, 9.17) is 32.4 Å². The maximum Gasteiger partial charge on any atom is 0.277 e. The van der Waals surface area contributed by atoms with Gasteiger partial charge in [-0.2, -0.15) is 0 Å². The molecule has 0 saturated carbocycles. The number of benzene rings is 2. The molecule has 0 N–H and O–H groups in total. The molecule has 6 nitrogen and oxygen atoms in total. The van der Waals surface area contributed by atoms with Crippen molar-refractivity contribution in [2.45, 2.75) is 18.2 Å². The lowest BCUT2D eigenvalue weighted by Gasteiger charge is -2.26. The number of halogens is 2. The van der Waals surface area contributed by atoms with Gasteiger partial charge in [0.25, 0.3) is 5.22 Å². The van der Waals surface area contributed by atoms with Crippen molar-refractivity contribution >= 4 is 40.9 Å². The Kier molecular flexibility index (Phi) is 7.05. The molecule has 0 aliphatic carbocycles. The minimum absolute atomic E-state index is 0.0854. The van der Waals surface area contributed by atoms with E-state index in [0.717, 1.165) is 16.9 Å². The van der Waals surface area contributed by atoms with E-state index in [-0.39, 0.29) is 17.7 Å². The normalized spacial score (nSPS) is 11.9. The van der Waals surface area contributed by atoms with Crippen LogP contribution < -0.4 is 4.74 Å². The predicted octanol–water partition coefficient (Wildman–Crippen LogP) is 5.36. The molecular weight excluding hydrogens is 433 g/mol. The second-order valence-electron chi connectivity index (χ2n) is 6.24. The van der Waals surface area contributed by atoms with Crippen molar-refractivity contribution in [1.29, 1.82) is 0 Å². The van der Waals surface area contributed by atoms with Gasteiger partial charge in [0, 0.05) is 22.7 Å². The number of hydrogen-bond acceptors (Lipinski definition) is 6. The number of amides is 1. The number of carbonyl (C=O) groups is 1. The fourth-order valence-electron chi connectivity index (χ4n) is 2.61. The minimum Gasteiger partial charge on any atom is -0.497 e. The summed E-state index contributed by atoms with van der Waals surface area (Å²) in [7, 11) is 3.33. The van der Waals surface area contributed by atoms with Crippen LogP contribution >= 0.6 is 35.0 Å². The number of ether oxygens (including phenoxy) is 1. The van der Waals surface area contributed by atoms with Gasteiger partial charge in [-0.15, -0.1) is 10.2 Å². The predicted molar refractivity (Wildman–Crippen MR) is 115 cm³/mol. The highest BCUT2D eigenvalue weighted by Crippen LogP contribution is 2.30. The Morgan fingerprint density at radius 3 is 2.59 bits per heavy atom. The van der Waals surface area contributed by atoms with Crippen molar-refractivity contribution in [3.05, 3.63) is 58.1 Å². The Morgan fingerprint density at radius 1 is 1.21 bits per heavy atom. The van der Waals surface area contributed by atoms with Crippen LogP contribution in [0.1, 0.15) is 18.5 Å². The van der Waals surface area contributed by atoms with Crippen LogP contribution in [0.4, 0.5) is 0 Å². The number of thioether (sulfide) groups is 1. The van der Waals surface area contributed by atoms with Gasteiger partial charge in [-0.05, 0) is 48.9 Å². The standard InChI is InChI=1S/C20H19Cl2N3O3S/c1-12(16-9-6-14(21)10-17(16)22)25(2)18(26)11-29-20-24-23-19(28-20)13-4-7-15(27-3)8-5-13/h4-10,12H,11H2,1-3H3. The molecule has 0 radical (unpaired) electrons. The summed E-state index contributed by atoms with van der Waals surface area (Å²) in [6.45, 7) is 1.91. The van der Waals surface area contributed by atoms with Crippen LogP contribution in [0.2, 0.25) is 10.0 Å². The summed E-state index contributed by atoms with van der Waals surface area (Å²) in [5, 5.41) is 9.45. The van der Waals surface area contributed by atoms with Gasteiger partial charge in [-0.3, -0.25) is 4.79 Å². The lowest BCUT2D eigenvalue weighted by molar-refractivity contribution is -0.128. The molecule has 1 heterocycles. The van der Waals surface area contributed by atoms with Gasteiger partial charge < -0.3 is 14.1 Å². The van der Waals surface area contributed by atoms with Crippen LogP contribution in [0.3, 0.4) is 0 Å². The van der Waals surface area contributed by atoms with E-state index in [1.165, 1.54) is 11.8 Å². The largest absolute Gasteiger partial charge is 0.497 e. The molecule has 0 aliphatic rings. The fraction of sp³-hybridized carbons (Fsp3) is 0.250. The number of hydrogen-bond donors (Lipinski definition) is 0. The van der Waals surface area contributed by atoms with Crippen LogP contribution in [-0.2, 0) is 4.79 Å². The zero-order valence-corrected chi connectivity index (χ0v) is 18.4. The Labute approximate surface area is 183 Å². The van der Waals surface area contributed by atoms with E-state index >= 15 is 0 Å². The third-order valence-corrected chi connectivity index (χ3v) is 5.82. The highest BCUT2D eigenvalue weighted by Gasteiger charge is 2.21. The molecule has 0 fully saturated rings. The Hall–Kier alpha value is -2.22. The van der Waals surface area contributed by atoms with Crippen LogP contribution in [0, 0.1) is 0 Å². The van der Waals surface area contributed by atoms with Crippen molar-refractivity contribution in [1.82, 2.24) is 15.1 Å². The number of nitrogens with zero attached hydrogens (tertiary/aromatic N) is 3. The highest BCUT2D eigenvalue weighted by molar-refractivity contribution is 7.99. The van der Waals surface area contributed by atoms with E-state index < -0.39 is 0 Å². The van der Waals surface area contributed by atoms with Crippen molar-refractivity contribution in [3.63, 3.8) is 0 Å². The molecule has 1 amide bonds. The van der Waals surface area contributed by atoms with Gasteiger partial charge in [0.2, 0.25) is 11.8 Å². The van der Waals surface area contributed by atoms with Crippen molar-refractivity contribution in [2.75, 3.05) is 19.9 Å². The van der Waals surface area contributed by atoms with Crippen LogP contribution in [0.25, 0.3) is 11.5 Å². The molecule has 0 bridgehead atoms. The minimum atomic E-state index is -0.203. The molecule has 2 aromatic carbocycles. The number of methoxy groups -OCH3 is 1. The van der Waals surface area contributed by atoms with E-state index in [9.17, 15) is 4.79 Å². The molecular formula is C20H19Cl2N3O3S. The molecule has 9 heteroatoms. The smallest absolute Gasteiger partial charge is 0.277 e. The number of carbonyl (C=O) groups excluding carboxylic acids is 1. The van der Waals surface area contributed by atoms with Gasteiger partial charge in [0.05, 0.1) is 18.9 Å². The third kappa shape index (κ3) is 5.23. The van der Waals surface area contributed by atoms with Crippen molar-refractivity contribution < 1.29 is 13.9 Å². The average molecular weight is 452 g/mol. The molecule has 152 valence electrons. The summed E-state index contributed by atoms with van der Waals surface area (Å²) in [6.07, 6.45) is 0. The SMILES string of the molecule is COc1ccc(-c2nnc(SCC(=O)N(C)C(C)c3ccc(Cl)cc3Cl)o2)cc1. The van der Waals surface area contributed by atoms with Gasteiger partial charge >= 0.3 is 0 Å². The lowest BCUT2D eigenvalue weighted by atomic mass is 10.1. The summed E-state index contributed by atoms with van der Waals surface area (Å²) in [5.41, 5.74) is 1.61. The molecule has 3 aromatic rings. The number of rotatable bonds is 7. The molecule has 0 saturated heterocycles. The quantitative estimate of drug-likeness (QED) is 0.450. The monoisotopic (exact) mass is 451 g/mol. The molecule has 0 aliphatic heterocycles. The van der Waals surface area contributed by atoms with Crippen LogP contribution in [-0.4, -0.2) is 40.9 Å². The maximum atomic E-state index is 12.6. The van der Waals surface area contributed by atoms with Crippen LogP contribution in [0.15, 0.2) is 52.1 Å². The first-order valence-corrected chi connectivity index (χ1v) is 10.4. The molecule has 1 aromatic heterocycles. The van der Waals surface area contributed by atoms with E-state index in [0.29, 0.717) is 21.2 Å². The molecule has 1 atom stereocenters. The fourth-order valence-corrected chi connectivity index (χ4v) is 3.86. The summed E-state index contributed by atoms with van der Waals surface area (Å²) in [6, 6.07) is 12.3. The molecule has 0 spiro atoms. The lowest BCUT2D eigenvalue weighted by Crippen LogP contribution is -2.31. The van der Waals surface area contributed by atoms with E-state index in [2.05, 4.69) is 10.2 Å². The first-order chi connectivity index (χ1) is 13.9. The summed E-state index contributed by atoms with van der Waals surface area (Å²) < 4.78 is 10.8. The zero-order valence-electron chi connectivity index (χ0n) is 16.1. The molecule has 1 unspecified atom stereocenters. The zero-order chi connectivity index (χ0) is 21.0. The van der Waals surface area contributed by atoms with Crippen molar-refractivity contribution in [2.24, 2.45) is 0 Å². The first-order valence-electron chi connectivity index (χ1n) is 8.70. The summed E-state index contributed by atoms with van der Waals surface area (Å²) in [5.74, 6) is 1.21. The Balaban J connectivity index is 1.60. The Morgan fingerprint density at radius 2 is 1.93 bits per heavy atom. The highest BCUT2D eigenvalue weighted by atomic mass is 35.5. The second kappa shape index (κ2) is 9.52. The van der Waals surface area contributed by atoms with E-state index in [1.807, 2.05) is 37.3 Å². The van der Waals surface area contributed by atoms with Crippen molar-refractivity contribution in [3.8, 4) is 17.2 Å². The van der Waals surface area contributed by atoms with Gasteiger partial charge in [0.15, 0.2) is 0 Å². The summed E-state index contributed by atoms with van der Waals surface area (Å²) >= 11 is 13.4. The van der Waals surface area contributed by atoms with E-state index in [1.54, 1.807) is 31.2 Å². The number of aromatic nitrogens is 2. The average Bonchev–Trinajstić information content (AvgIpc) is 3.20. The summed E-state index contributed by atoms with van der Waals surface area (Å²) in [4.78, 5) is 14.2. The first kappa shape index (κ1) is 21.5. The van der Waals surface area contributed by atoms with Gasteiger partial charge in [0.1, 0.15) is 5.75 Å².